The van der Waals surface area contributed by atoms with Crippen LogP contribution in [0.2, 0.25) is 0 Å². The summed E-state index contributed by atoms with van der Waals surface area (Å²) in [4.78, 5) is 8.90. The minimum Gasteiger partial charge on any atom is -0.357 e. The van der Waals surface area contributed by atoms with Gasteiger partial charge >= 0.3 is 6.08 Å². The van der Waals surface area contributed by atoms with Crippen molar-refractivity contribution in [1.29, 1.82) is 0 Å². The minimum absolute atomic E-state index is 0.305. The molecule has 1 heterocycles. The Morgan fingerprint density at radius 2 is 2.17 bits per heavy atom. The van der Waals surface area contributed by atoms with Gasteiger partial charge in [0.25, 0.3) is 0 Å². The van der Waals surface area contributed by atoms with Gasteiger partial charge in [0.2, 0.25) is 0 Å². The maximum absolute atomic E-state index is 12.5. The lowest BCUT2D eigenvalue weighted by Crippen LogP contribution is -2.26. The van der Waals surface area contributed by atoms with Crippen LogP contribution in [0.15, 0.2) is 12.3 Å². The van der Waals surface area contributed by atoms with Gasteiger partial charge in [0.05, 0.1) is 0 Å². The monoisotopic (exact) mass is 169 g/mol. The SMILES string of the molecule is CC(C)N(C)c1ccnc(F)n1. The zero-order valence-corrected chi connectivity index (χ0v) is 7.45. The molecule has 12 heavy (non-hydrogen) atoms. The van der Waals surface area contributed by atoms with Gasteiger partial charge in [0.1, 0.15) is 5.82 Å². The van der Waals surface area contributed by atoms with Crippen LogP contribution >= 0.6 is 0 Å². The molecule has 0 aliphatic heterocycles. The predicted molar refractivity (Wildman–Crippen MR) is 45.5 cm³/mol. The van der Waals surface area contributed by atoms with E-state index in [0.717, 1.165) is 0 Å². The molecule has 0 N–H and O–H groups in total. The van der Waals surface area contributed by atoms with E-state index < -0.39 is 6.08 Å². The number of anilines is 1. The van der Waals surface area contributed by atoms with Crippen molar-refractivity contribution in [3.05, 3.63) is 18.3 Å². The number of nitrogens with zero attached hydrogens (tertiary/aromatic N) is 3. The van der Waals surface area contributed by atoms with Crippen LogP contribution in [-0.2, 0) is 0 Å². The Morgan fingerprint density at radius 3 is 2.67 bits per heavy atom. The molecule has 0 bridgehead atoms. The summed E-state index contributed by atoms with van der Waals surface area (Å²) in [7, 11) is 1.87. The summed E-state index contributed by atoms with van der Waals surface area (Å²) in [6, 6.07) is 1.99. The molecule has 0 aliphatic rings. The van der Waals surface area contributed by atoms with Gasteiger partial charge < -0.3 is 4.90 Å². The molecule has 0 saturated carbocycles. The third-order valence-electron chi connectivity index (χ3n) is 1.75. The van der Waals surface area contributed by atoms with Gasteiger partial charge in [-0.15, -0.1) is 0 Å². The Kier molecular flexibility index (Phi) is 2.58. The van der Waals surface area contributed by atoms with E-state index >= 15 is 0 Å². The molecule has 0 unspecified atom stereocenters. The lowest BCUT2D eigenvalue weighted by molar-refractivity contribution is 0.536. The van der Waals surface area contributed by atoms with Gasteiger partial charge in [-0.3, -0.25) is 0 Å². The predicted octanol–water partition coefficient (Wildman–Crippen LogP) is 1.46. The summed E-state index contributed by atoms with van der Waals surface area (Å²) in [5, 5.41) is 0. The lowest BCUT2D eigenvalue weighted by atomic mass is 10.3. The van der Waals surface area contributed by atoms with Crippen LogP contribution in [0.4, 0.5) is 10.2 Å². The molecule has 1 rings (SSSR count). The Hall–Kier alpha value is -1.19. The molecule has 0 saturated heterocycles. The van der Waals surface area contributed by atoms with Crippen molar-refractivity contribution in [2.75, 3.05) is 11.9 Å². The van der Waals surface area contributed by atoms with Gasteiger partial charge in [0.15, 0.2) is 0 Å². The van der Waals surface area contributed by atoms with Gasteiger partial charge in [0, 0.05) is 19.3 Å². The quantitative estimate of drug-likeness (QED) is 0.627. The number of hydrogen-bond acceptors (Lipinski definition) is 3. The standard InChI is InChI=1S/C8H12FN3/c1-6(2)12(3)7-4-5-10-8(9)11-7/h4-6H,1-3H3. The molecule has 0 atom stereocenters. The second-order valence-corrected chi connectivity index (χ2v) is 2.89. The molecular weight excluding hydrogens is 157 g/mol. The van der Waals surface area contributed by atoms with Crippen molar-refractivity contribution < 1.29 is 4.39 Å². The van der Waals surface area contributed by atoms with Gasteiger partial charge in [-0.05, 0) is 19.9 Å². The van der Waals surface area contributed by atoms with E-state index in [-0.39, 0.29) is 0 Å². The fourth-order valence-corrected chi connectivity index (χ4v) is 0.787. The fourth-order valence-electron chi connectivity index (χ4n) is 0.787. The molecule has 1 aromatic heterocycles. The van der Waals surface area contributed by atoms with Crippen LogP contribution in [0.1, 0.15) is 13.8 Å². The normalized spacial score (nSPS) is 10.4. The average Bonchev–Trinajstić information content (AvgIpc) is 2.03. The molecule has 0 radical (unpaired) electrons. The molecule has 0 spiro atoms. The Morgan fingerprint density at radius 1 is 1.50 bits per heavy atom. The van der Waals surface area contributed by atoms with Crippen molar-refractivity contribution in [2.24, 2.45) is 0 Å². The summed E-state index contributed by atoms with van der Waals surface area (Å²) in [5.41, 5.74) is 0. The van der Waals surface area contributed by atoms with Crippen molar-refractivity contribution in [2.45, 2.75) is 19.9 Å². The van der Waals surface area contributed by atoms with Crippen LogP contribution in [0.25, 0.3) is 0 Å². The molecule has 3 nitrogen and oxygen atoms in total. The number of rotatable bonds is 2. The molecule has 0 aromatic carbocycles. The van der Waals surface area contributed by atoms with E-state index in [9.17, 15) is 4.39 Å². The molecule has 66 valence electrons. The Bertz CT molecular complexity index is 262. The first-order valence-corrected chi connectivity index (χ1v) is 3.82. The van der Waals surface area contributed by atoms with Gasteiger partial charge in [-0.1, -0.05) is 0 Å². The lowest BCUT2D eigenvalue weighted by Gasteiger charge is -2.21. The van der Waals surface area contributed by atoms with Crippen LogP contribution in [-0.4, -0.2) is 23.1 Å². The Balaban J connectivity index is 2.88. The van der Waals surface area contributed by atoms with Crippen LogP contribution in [0.3, 0.4) is 0 Å². The summed E-state index contributed by atoms with van der Waals surface area (Å²) in [6.07, 6.45) is 0.733. The zero-order chi connectivity index (χ0) is 9.14. The zero-order valence-electron chi connectivity index (χ0n) is 7.45. The minimum atomic E-state index is -0.681. The first-order chi connectivity index (χ1) is 5.61. The fraction of sp³-hybridized carbons (Fsp3) is 0.500. The highest BCUT2D eigenvalue weighted by molar-refractivity contribution is 5.36. The van der Waals surface area contributed by atoms with E-state index in [1.54, 1.807) is 6.07 Å². The summed E-state index contributed by atoms with van der Waals surface area (Å²) in [6.45, 7) is 4.03. The van der Waals surface area contributed by atoms with E-state index in [1.165, 1.54) is 6.20 Å². The van der Waals surface area contributed by atoms with Crippen LogP contribution < -0.4 is 4.90 Å². The third-order valence-corrected chi connectivity index (χ3v) is 1.75. The number of hydrogen-bond donors (Lipinski definition) is 0. The topological polar surface area (TPSA) is 29.0 Å². The van der Waals surface area contributed by atoms with E-state index in [0.29, 0.717) is 11.9 Å². The van der Waals surface area contributed by atoms with Gasteiger partial charge in [-0.2, -0.15) is 9.37 Å². The van der Waals surface area contributed by atoms with Crippen molar-refractivity contribution >= 4 is 5.82 Å². The highest BCUT2D eigenvalue weighted by atomic mass is 19.1. The number of halogens is 1. The van der Waals surface area contributed by atoms with Crippen molar-refractivity contribution in [3.63, 3.8) is 0 Å². The van der Waals surface area contributed by atoms with E-state index in [4.69, 9.17) is 0 Å². The van der Waals surface area contributed by atoms with Crippen LogP contribution in [0.5, 0.6) is 0 Å². The molecule has 4 heteroatoms. The smallest absolute Gasteiger partial charge is 0.310 e. The second-order valence-electron chi connectivity index (χ2n) is 2.89. The summed E-state index contributed by atoms with van der Waals surface area (Å²) < 4.78 is 12.5. The summed E-state index contributed by atoms with van der Waals surface area (Å²) >= 11 is 0. The van der Waals surface area contributed by atoms with Crippen molar-refractivity contribution in [1.82, 2.24) is 9.97 Å². The molecule has 0 fully saturated rings. The van der Waals surface area contributed by atoms with Crippen molar-refractivity contribution in [3.8, 4) is 0 Å². The van der Waals surface area contributed by atoms with Crippen LogP contribution in [0, 0.1) is 6.08 Å². The maximum atomic E-state index is 12.5. The maximum Gasteiger partial charge on any atom is 0.310 e. The second kappa shape index (κ2) is 3.47. The first-order valence-electron chi connectivity index (χ1n) is 3.82. The molecule has 0 amide bonds. The largest absolute Gasteiger partial charge is 0.357 e. The van der Waals surface area contributed by atoms with E-state index in [2.05, 4.69) is 9.97 Å². The average molecular weight is 169 g/mol. The third kappa shape index (κ3) is 1.90. The number of aromatic nitrogens is 2. The highest BCUT2D eigenvalue weighted by Crippen LogP contribution is 2.09. The first kappa shape index (κ1) is 8.90. The highest BCUT2D eigenvalue weighted by Gasteiger charge is 2.06. The summed E-state index contributed by atoms with van der Waals surface area (Å²) in [5.74, 6) is 0.609. The molecular formula is C8H12FN3. The van der Waals surface area contributed by atoms with E-state index in [1.807, 2.05) is 25.8 Å². The Labute approximate surface area is 71.3 Å². The van der Waals surface area contributed by atoms with Gasteiger partial charge in [-0.25, -0.2) is 4.98 Å². The molecule has 0 aliphatic carbocycles. The molecule has 1 aromatic rings.